The summed E-state index contributed by atoms with van der Waals surface area (Å²) in [5.74, 6) is 0. The molecule has 2 aromatic rings. The fourth-order valence-corrected chi connectivity index (χ4v) is 4.12. The van der Waals surface area contributed by atoms with E-state index in [9.17, 15) is 30.5 Å². The van der Waals surface area contributed by atoms with Crippen molar-refractivity contribution in [2.24, 2.45) is 5.11 Å². The highest BCUT2D eigenvalue weighted by molar-refractivity contribution is 5.66. The maximum Gasteiger partial charge on any atom is 0.292 e. The highest BCUT2D eigenvalue weighted by atomic mass is 16.6. The highest BCUT2D eigenvalue weighted by Gasteiger charge is 2.40. The van der Waals surface area contributed by atoms with Crippen molar-refractivity contribution in [2.75, 3.05) is 31.6 Å². The van der Waals surface area contributed by atoms with E-state index in [4.69, 9.17) is 5.53 Å². The zero-order chi connectivity index (χ0) is 24.7. The van der Waals surface area contributed by atoms with Crippen molar-refractivity contribution < 1.29 is 25.3 Å². The second-order valence-electron chi connectivity index (χ2n) is 8.19. The first-order chi connectivity index (χ1) is 16.3. The number of β-amino-alcohol motifs (C(OH)–C–C–N with tert-alkyl or cyclic N) is 1. The van der Waals surface area contributed by atoms with Gasteiger partial charge in [0.15, 0.2) is 0 Å². The molecule has 1 aliphatic rings. The molecule has 5 N–H and O–H groups in total. The fourth-order valence-electron chi connectivity index (χ4n) is 4.12. The van der Waals surface area contributed by atoms with Crippen LogP contribution in [0.3, 0.4) is 0 Å². The molecule has 1 heterocycles. The standard InChI is InChI=1S/C22H28N6O6/c23-26-25-16-4-5-17(18(11-16)28(33)34)24-8-6-14-2-1-3-15(10-14)7-9-27-12-20(30)22(32)21(31)19(27)13-29/h1-5,10-11,19-22,24,29-32H,6-9,12-13H2/t19-,20+,21-,22-/m1/s1. The summed E-state index contributed by atoms with van der Waals surface area (Å²) in [6, 6.07) is 11.4. The quantitative estimate of drug-likeness (QED) is 0.113. The number of benzene rings is 2. The number of piperidine rings is 1. The molecule has 1 fully saturated rings. The first-order valence-electron chi connectivity index (χ1n) is 10.9. The topological polar surface area (TPSA) is 188 Å². The lowest BCUT2D eigenvalue weighted by Crippen LogP contribution is -2.62. The lowest BCUT2D eigenvalue weighted by atomic mass is 9.93. The van der Waals surface area contributed by atoms with Crippen molar-refractivity contribution in [2.45, 2.75) is 37.2 Å². The van der Waals surface area contributed by atoms with Gasteiger partial charge in [-0.3, -0.25) is 15.0 Å². The van der Waals surface area contributed by atoms with Gasteiger partial charge in [-0.15, -0.1) is 0 Å². The summed E-state index contributed by atoms with van der Waals surface area (Å²) in [5.41, 5.74) is 10.9. The van der Waals surface area contributed by atoms with Gasteiger partial charge in [0.1, 0.15) is 17.9 Å². The molecule has 4 atom stereocenters. The number of rotatable bonds is 10. The van der Waals surface area contributed by atoms with Crippen LogP contribution >= 0.6 is 0 Å². The average Bonchev–Trinajstić information content (AvgIpc) is 2.82. The largest absolute Gasteiger partial charge is 0.395 e. The second kappa shape index (κ2) is 11.7. The maximum atomic E-state index is 11.3. The summed E-state index contributed by atoms with van der Waals surface area (Å²) in [6.07, 6.45) is -2.37. The number of likely N-dealkylation sites (tertiary alicyclic amines) is 1. The smallest absolute Gasteiger partial charge is 0.292 e. The molecule has 12 nitrogen and oxygen atoms in total. The number of nitrogens with zero attached hydrogens (tertiary/aromatic N) is 5. The highest BCUT2D eigenvalue weighted by Crippen LogP contribution is 2.29. The summed E-state index contributed by atoms with van der Waals surface area (Å²) in [5, 5.41) is 57.3. The Morgan fingerprint density at radius 3 is 2.56 bits per heavy atom. The Morgan fingerprint density at radius 1 is 1.15 bits per heavy atom. The van der Waals surface area contributed by atoms with Crippen LogP contribution in [0.2, 0.25) is 0 Å². The van der Waals surface area contributed by atoms with E-state index in [0.717, 1.165) is 11.1 Å². The van der Waals surface area contributed by atoms with Gasteiger partial charge in [-0.2, -0.15) is 0 Å². The minimum Gasteiger partial charge on any atom is -0.395 e. The molecular weight excluding hydrogens is 444 g/mol. The first kappa shape index (κ1) is 25.4. The van der Waals surface area contributed by atoms with Crippen molar-refractivity contribution in [1.29, 1.82) is 0 Å². The van der Waals surface area contributed by atoms with Gasteiger partial charge in [0.2, 0.25) is 0 Å². The van der Waals surface area contributed by atoms with Gasteiger partial charge in [-0.05, 0) is 35.6 Å². The molecule has 34 heavy (non-hydrogen) atoms. The fraction of sp³-hybridized carbons (Fsp3) is 0.455. The van der Waals surface area contributed by atoms with Crippen molar-refractivity contribution in [3.8, 4) is 0 Å². The van der Waals surface area contributed by atoms with E-state index < -0.39 is 29.3 Å². The monoisotopic (exact) mass is 472 g/mol. The maximum absolute atomic E-state index is 11.3. The summed E-state index contributed by atoms with van der Waals surface area (Å²) in [4.78, 5) is 15.2. The van der Waals surface area contributed by atoms with Gasteiger partial charge in [-0.25, -0.2) is 0 Å². The van der Waals surface area contributed by atoms with E-state index >= 15 is 0 Å². The van der Waals surface area contributed by atoms with E-state index in [1.54, 1.807) is 4.90 Å². The Labute approximate surface area is 195 Å². The third-order valence-corrected chi connectivity index (χ3v) is 5.96. The molecule has 0 saturated carbocycles. The van der Waals surface area contributed by atoms with E-state index in [1.165, 1.54) is 18.2 Å². The lowest BCUT2D eigenvalue weighted by molar-refractivity contribution is -0.383. The second-order valence-corrected chi connectivity index (χ2v) is 8.19. The number of nitro groups is 1. The van der Waals surface area contributed by atoms with E-state index in [2.05, 4.69) is 15.3 Å². The molecule has 182 valence electrons. The van der Waals surface area contributed by atoms with Gasteiger partial charge in [0.05, 0.1) is 23.7 Å². The van der Waals surface area contributed by atoms with E-state index in [0.29, 0.717) is 31.6 Å². The Hall–Kier alpha value is -3.25. The van der Waals surface area contributed by atoms with Crippen molar-refractivity contribution in [3.63, 3.8) is 0 Å². The summed E-state index contributed by atoms with van der Waals surface area (Å²) < 4.78 is 0. The van der Waals surface area contributed by atoms with Crippen LogP contribution in [0, 0.1) is 10.1 Å². The van der Waals surface area contributed by atoms with Gasteiger partial charge in [-0.1, -0.05) is 35.4 Å². The van der Waals surface area contributed by atoms with E-state index in [-0.39, 0.29) is 24.5 Å². The molecule has 0 unspecified atom stereocenters. The Bertz CT molecular complexity index is 1050. The van der Waals surface area contributed by atoms with Crippen LogP contribution in [0.1, 0.15) is 11.1 Å². The molecule has 12 heteroatoms. The average molecular weight is 473 g/mol. The number of anilines is 1. The minimum absolute atomic E-state index is 0.157. The molecule has 3 rings (SSSR count). The van der Waals surface area contributed by atoms with Crippen LogP contribution in [-0.2, 0) is 12.8 Å². The summed E-state index contributed by atoms with van der Waals surface area (Å²) in [7, 11) is 0. The lowest BCUT2D eigenvalue weighted by Gasteiger charge is -2.43. The third-order valence-electron chi connectivity index (χ3n) is 5.96. The molecule has 0 bridgehead atoms. The van der Waals surface area contributed by atoms with Crippen LogP contribution in [0.4, 0.5) is 17.1 Å². The molecule has 2 aromatic carbocycles. The molecular formula is C22H28N6O6. The van der Waals surface area contributed by atoms with Crippen molar-refractivity contribution in [1.82, 2.24) is 4.90 Å². The van der Waals surface area contributed by atoms with Crippen molar-refractivity contribution in [3.05, 3.63) is 74.1 Å². The molecule has 0 spiro atoms. The normalized spacial score (nSPS) is 22.7. The zero-order valence-electron chi connectivity index (χ0n) is 18.4. The minimum atomic E-state index is -1.28. The number of nitro benzene ring substituents is 1. The van der Waals surface area contributed by atoms with Crippen LogP contribution < -0.4 is 5.32 Å². The van der Waals surface area contributed by atoms with E-state index in [1.807, 2.05) is 24.3 Å². The van der Waals surface area contributed by atoms with Crippen LogP contribution in [0.15, 0.2) is 47.6 Å². The Morgan fingerprint density at radius 2 is 1.88 bits per heavy atom. The number of hydrogen-bond donors (Lipinski definition) is 5. The van der Waals surface area contributed by atoms with Crippen LogP contribution in [-0.4, -0.2) is 80.8 Å². The van der Waals surface area contributed by atoms with Gasteiger partial charge < -0.3 is 25.7 Å². The van der Waals surface area contributed by atoms with Crippen molar-refractivity contribution >= 4 is 17.1 Å². The summed E-state index contributed by atoms with van der Waals surface area (Å²) >= 11 is 0. The van der Waals surface area contributed by atoms with Gasteiger partial charge in [0.25, 0.3) is 5.69 Å². The summed E-state index contributed by atoms with van der Waals surface area (Å²) in [6.45, 7) is 0.759. The predicted molar refractivity (Wildman–Crippen MR) is 125 cm³/mol. The van der Waals surface area contributed by atoms with Gasteiger partial charge in [0, 0.05) is 36.3 Å². The first-order valence-corrected chi connectivity index (χ1v) is 10.9. The number of aliphatic hydroxyl groups is 4. The predicted octanol–water partition coefficient (Wildman–Crippen LogP) is 1.49. The van der Waals surface area contributed by atoms with Crippen LogP contribution in [0.25, 0.3) is 10.4 Å². The number of hydrogen-bond acceptors (Lipinski definition) is 9. The SMILES string of the molecule is [N-]=[N+]=Nc1ccc(NCCc2cccc(CCN3C[C@H](O)[C@@H](O)[C@H](O)[C@H]3CO)c2)c([N+](=O)[O-])c1. The van der Waals surface area contributed by atoms with Crippen LogP contribution in [0.5, 0.6) is 0 Å². The number of azide groups is 1. The molecule has 0 amide bonds. The number of aliphatic hydroxyl groups excluding tert-OH is 4. The Balaban J connectivity index is 1.58. The third kappa shape index (κ3) is 6.20. The molecule has 0 radical (unpaired) electrons. The van der Waals surface area contributed by atoms with Gasteiger partial charge >= 0.3 is 0 Å². The molecule has 1 saturated heterocycles. The molecule has 0 aliphatic carbocycles. The molecule has 0 aromatic heterocycles. The number of nitrogens with one attached hydrogen (secondary N) is 1. The molecule has 1 aliphatic heterocycles. The zero-order valence-corrected chi connectivity index (χ0v) is 18.4. The Kier molecular flexibility index (Phi) is 8.77.